The van der Waals surface area contributed by atoms with E-state index in [4.69, 9.17) is 24.7 Å². The van der Waals surface area contributed by atoms with Gasteiger partial charge >= 0.3 is 18.3 Å². The van der Waals surface area contributed by atoms with Crippen LogP contribution in [0.4, 0.5) is 14.4 Å². The van der Waals surface area contributed by atoms with Crippen LogP contribution in [0, 0.1) is 11.8 Å². The van der Waals surface area contributed by atoms with Crippen LogP contribution in [0.2, 0.25) is 0 Å². The SMILES string of the molecule is CC(C)COC(=O)Oc1ccc(CCNC(N)=O)cc1OC(=O)OCC(C)C.Cl. The Morgan fingerprint density at radius 2 is 1.45 bits per heavy atom. The number of ether oxygens (including phenoxy) is 4. The first-order chi connectivity index (χ1) is 13.2. The predicted octanol–water partition coefficient (Wildman–Crippen LogP) is 3.66. The lowest BCUT2D eigenvalue weighted by molar-refractivity contribution is 0.0795. The fourth-order valence-corrected chi connectivity index (χ4v) is 1.91. The van der Waals surface area contributed by atoms with Gasteiger partial charge in [-0.15, -0.1) is 12.4 Å². The Balaban J connectivity index is 0.00000784. The standard InChI is InChI=1S/C19H28N2O7.ClH/c1-12(2)10-25-18(23)27-15-6-5-14(7-8-21-17(20)22)9-16(15)28-19(24)26-11-13(3)4;/h5-6,9,12-13H,7-8,10-11H2,1-4H3,(H3,20,21,22);1H. The van der Waals surface area contributed by atoms with Crippen molar-refractivity contribution < 1.29 is 33.3 Å². The van der Waals surface area contributed by atoms with Gasteiger partial charge in [0.1, 0.15) is 0 Å². The Hall–Kier alpha value is -2.68. The number of primary amides is 1. The van der Waals surface area contributed by atoms with Crippen molar-refractivity contribution in [2.24, 2.45) is 17.6 Å². The van der Waals surface area contributed by atoms with Crippen LogP contribution in [0.25, 0.3) is 0 Å². The molecule has 0 fully saturated rings. The number of carbonyl (C=O) groups excluding carboxylic acids is 3. The lowest BCUT2D eigenvalue weighted by atomic mass is 10.1. The van der Waals surface area contributed by atoms with E-state index in [0.717, 1.165) is 5.56 Å². The highest BCUT2D eigenvalue weighted by Crippen LogP contribution is 2.29. The average molecular weight is 433 g/mol. The maximum Gasteiger partial charge on any atom is 0.513 e. The quantitative estimate of drug-likeness (QED) is 0.450. The number of amides is 2. The number of urea groups is 1. The summed E-state index contributed by atoms with van der Waals surface area (Å²) in [7, 11) is 0. The highest BCUT2D eigenvalue weighted by molar-refractivity contribution is 5.85. The summed E-state index contributed by atoms with van der Waals surface area (Å²) in [6.07, 6.45) is -1.39. The third kappa shape index (κ3) is 11.7. The molecule has 164 valence electrons. The van der Waals surface area contributed by atoms with Crippen LogP contribution in [0.5, 0.6) is 11.5 Å². The van der Waals surface area contributed by atoms with Gasteiger partial charge in [-0.2, -0.15) is 0 Å². The average Bonchev–Trinajstić information content (AvgIpc) is 2.60. The Labute approximate surface area is 176 Å². The molecular formula is C19H29ClN2O7. The summed E-state index contributed by atoms with van der Waals surface area (Å²) < 4.78 is 20.3. The first-order valence-corrected chi connectivity index (χ1v) is 9.02. The molecule has 0 unspecified atom stereocenters. The van der Waals surface area contributed by atoms with Crippen LogP contribution in [-0.2, 0) is 15.9 Å². The molecule has 1 aromatic carbocycles. The molecule has 3 N–H and O–H groups in total. The molecule has 0 saturated heterocycles. The van der Waals surface area contributed by atoms with Crippen molar-refractivity contribution in [3.05, 3.63) is 23.8 Å². The highest BCUT2D eigenvalue weighted by atomic mass is 35.5. The van der Waals surface area contributed by atoms with Gasteiger partial charge in [0.05, 0.1) is 13.2 Å². The summed E-state index contributed by atoms with van der Waals surface area (Å²) in [5, 5.41) is 2.46. The minimum Gasteiger partial charge on any atom is -0.434 e. The number of carbonyl (C=O) groups is 3. The zero-order valence-corrected chi connectivity index (χ0v) is 17.9. The molecule has 0 aliphatic rings. The smallest absolute Gasteiger partial charge is 0.434 e. The summed E-state index contributed by atoms with van der Waals surface area (Å²) in [6.45, 7) is 8.24. The van der Waals surface area contributed by atoms with Gasteiger partial charge in [-0.1, -0.05) is 33.8 Å². The molecule has 0 heterocycles. The van der Waals surface area contributed by atoms with Gasteiger partial charge < -0.3 is 30.0 Å². The number of rotatable bonds is 9. The van der Waals surface area contributed by atoms with E-state index in [0.29, 0.717) is 13.0 Å². The van der Waals surface area contributed by atoms with Gasteiger partial charge in [0.25, 0.3) is 0 Å². The highest BCUT2D eigenvalue weighted by Gasteiger charge is 2.17. The molecule has 0 atom stereocenters. The van der Waals surface area contributed by atoms with E-state index in [1.807, 2.05) is 27.7 Å². The van der Waals surface area contributed by atoms with Crippen molar-refractivity contribution >= 4 is 30.7 Å². The molecule has 9 nitrogen and oxygen atoms in total. The predicted molar refractivity (Wildman–Crippen MR) is 109 cm³/mol. The zero-order chi connectivity index (χ0) is 21.1. The van der Waals surface area contributed by atoms with Gasteiger partial charge in [-0.05, 0) is 36.0 Å². The largest absolute Gasteiger partial charge is 0.513 e. The van der Waals surface area contributed by atoms with Crippen LogP contribution in [0.3, 0.4) is 0 Å². The second-order valence-corrected chi connectivity index (χ2v) is 6.94. The molecule has 0 saturated carbocycles. The normalized spacial score (nSPS) is 10.1. The van der Waals surface area contributed by atoms with Crippen LogP contribution in [0.15, 0.2) is 18.2 Å². The third-order valence-electron chi connectivity index (χ3n) is 3.18. The number of halogens is 1. The first-order valence-electron chi connectivity index (χ1n) is 9.02. The number of hydrogen-bond donors (Lipinski definition) is 2. The van der Waals surface area contributed by atoms with E-state index in [1.54, 1.807) is 6.07 Å². The second kappa shape index (κ2) is 13.5. The van der Waals surface area contributed by atoms with Gasteiger partial charge in [0, 0.05) is 6.54 Å². The summed E-state index contributed by atoms with van der Waals surface area (Å²) in [6, 6.07) is 4.02. The van der Waals surface area contributed by atoms with Crippen molar-refractivity contribution in [2.75, 3.05) is 19.8 Å². The van der Waals surface area contributed by atoms with E-state index in [2.05, 4.69) is 5.32 Å². The third-order valence-corrected chi connectivity index (χ3v) is 3.18. The van der Waals surface area contributed by atoms with E-state index < -0.39 is 18.3 Å². The van der Waals surface area contributed by atoms with Crippen molar-refractivity contribution in [1.29, 1.82) is 0 Å². The first kappa shape index (κ1) is 26.3. The summed E-state index contributed by atoms with van der Waals surface area (Å²) in [4.78, 5) is 34.5. The Morgan fingerprint density at radius 1 is 0.931 bits per heavy atom. The van der Waals surface area contributed by atoms with Crippen LogP contribution in [-0.4, -0.2) is 38.1 Å². The summed E-state index contributed by atoms with van der Waals surface area (Å²) in [5.41, 5.74) is 5.76. The molecule has 1 aromatic rings. The molecule has 0 aliphatic carbocycles. The fourth-order valence-electron chi connectivity index (χ4n) is 1.91. The Morgan fingerprint density at radius 3 is 1.93 bits per heavy atom. The van der Waals surface area contributed by atoms with E-state index in [9.17, 15) is 14.4 Å². The molecular weight excluding hydrogens is 404 g/mol. The topological polar surface area (TPSA) is 126 Å². The molecule has 29 heavy (non-hydrogen) atoms. The molecule has 0 radical (unpaired) electrons. The minimum absolute atomic E-state index is 0. The monoisotopic (exact) mass is 432 g/mol. The molecule has 0 aromatic heterocycles. The molecule has 0 bridgehead atoms. The zero-order valence-electron chi connectivity index (χ0n) is 17.1. The van der Waals surface area contributed by atoms with Gasteiger partial charge in [-0.25, -0.2) is 14.4 Å². The number of nitrogens with one attached hydrogen (secondary N) is 1. The number of benzene rings is 1. The molecule has 0 spiro atoms. The maximum absolute atomic E-state index is 11.9. The lowest BCUT2D eigenvalue weighted by Crippen LogP contribution is -2.30. The van der Waals surface area contributed by atoms with Crippen molar-refractivity contribution in [1.82, 2.24) is 5.32 Å². The lowest BCUT2D eigenvalue weighted by Gasteiger charge is -2.13. The second-order valence-electron chi connectivity index (χ2n) is 6.94. The van der Waals surface area contributed by atoms with Crippen LogP contribution >= 0.6 is 12.4 Å². The molecule has 0 aliphatic heterocycles. The van der Waals surface area contributed by atoms with Gasteiger partial charge in [0.15, 0.2) is 11.5 Å². The maximum atomic E-state index is 11.9. The van der Waals surface area contributed by atoms with Crippen LogP contribution < -0.4 is 20.5 Å². The summed E-state index contributed by atoms with van der Waals surface area (Å²) >= 11 is 0. The van der Waals surface area contributed by atoms with Crippen LogP contribution in [0.1, 0.15) is 33.3 Å². The van der Waals surface area contributed by atoms with E-state index in [-0.39, 0.29) is 49.0 Å². The van der Waals surface area contributed by atoms with Crippen molar-refractivity contribution in [3.63, 3.8) is 0 Å². The van der Waals surface area contributed by atoms with E-state index >= 15 is 0 Å². The Bertz CT molecular complexity index is 681. The minimum atomic E-state index is -0.915. The van der Waals surface area contributed by atoms with Crippen molar-refractivity contribution in [2.45, 2.75) is 34.1 Å². The summed E-state index contributed by atoms with van der Waals surface area (Å²) in [5.74, 6) is 0.309. The fraction of sp³-hybridized carbons (Fsp3) is 0.526. The Kier molecular flexibility index (Phi) is 12.2. The number of hydrogen-bond acceptors (Lipinski definition) is 7. The molecule has 2 amide bonds. The van der Waals surface area contributed by atoms with E-state index in [1.165, 1.54) is 12.1 Å². The molecule has 1 rings (SSSR count). The van der Waals surface area contributed by atoms with Gasteiger partial charge in [0.2, 0.25) is 0 Å². The number of nitrogens with two attached hydrogens (primary N) is 1. The van der Waals surface area contributed by atoms with Gasteiger partial charge in [-0.3, -0.25) is 0 Å². The molecule has 10 heteroatoms. The van der Waals surface area contributed by atoms with Crippen molar-refractivity contribution in [3.8, 4) is 11.5 Å².